The Hall–Kier alpha value is -2.83. The second kappa shape index (κ2) is 5.28. The Balaban J connectivity index is 1.94. The molecule has 3 aromatic rings. The summed E-state index contributed by atoms with van der Waals surface area (Å²) in [6.45, 7) is 3.78. The largest absolute Gasteiger partial charge is 0.323 e. The average Bonchev–Trinajstić information content (AvgIpc) is 2.84. The first-order valence-corrected chi connectivity index (χ1v) is 6.37. The van der Waals surface area contributed by atoms with Gasteiger partial charge in [0, 0.05) is 35.3 Å². The Morgan fingerprint density at radius 2 is 1.95 bits per heavy atom. The molecule has 2 N–H and O–H groups in total. The normalized spacial score (nSPS) is 10.6. The van der Waals surface area contributed by atoms with E-state index in [1.807, 2.05) is 26.0 Å². The van der Waals surface area contributed by atoms with Crippen molar-refractivity contribution in [2.24, 2.45) is 0 Å². The SMILES string of the molecule is Cc1cc(Nc2cc(C)[nH]n2)nc(-c2ccc(F)nc2)n1. The maximum absolute atomic E-state index is 12.9. The first-order chi connectivity index (χ1) is 10.1. The van der Waals surface area contributed by atoms with Crippen molar-refractivity contribution in [3.8, 4) is 11.4 Å². The number of aryl methyl sites for hydroxylation is 2. The van der Waals surface area contributed by atoms with Crippen LogP contribution >= 0.6 is 0 Å². The minimum absolute atomic E-state index is 0.484. The molecule has 106 valence electrons. The van der Waals surface area contributed by atoms with Crippen molar-refractivity contribution in [1.82, 2.24) is 25.1 Å². The number of nitrogens with one attached hydrogen (secondary N) is 2. The minimum atomic E-state index is -0.531. The van der Waals surface area contributed by atoms with Crippen LogP contribution in [0.5, 0.6) is 0 Å². The fourth-order valence-electron chi connectivity index (χ4n) is 1.88. The smallest absolute Gasteiger partial charge is 0.212 e. The van der Waals surface area contributed by atoms with Crippen molar-refractivity contribution in [1.29, 1.82) is 0 Å². The van der Waals surface area contributed by atoms with Gasteiger partial charge in [-0.05, 0) is 26.0 Å². The van der Waals surface area contributed by atoms with Gasteiger partial charge in [0.1, 0.15) is 5.82 Å². The van der Waals surface area contributed by atoms with E-state index in [-0.39, 0.29) is 0 Å². The summed E-state index contributed by atoms with van der Waals surface area (Å²) in [6.07, 6.45) is 1.41. The molecule has 0 saturated carbocycles. The molecule has 3 aromatic heterocycles. The van der Waals surface area contributed by atoms with E-state index in [1.54, 1.807) is 6.07 Å². The van der Waals surface area contributed by atoms with Crippen LogP contribution < -0.4 is 5.32 Å². The molecule has 0 aliphatic rings. The number of anilines is 2. The quantitative estimate of drug-likeness (QED) is 0.723. The van der Waals surface area contributed by atoms with Gasteiger partial charge < -0.3 is 5.32 Å². The highest BCUT2D eigenvalue weighted by Crippen LogP contribution is 2.19. The molecule has 0 aliphatic carbocycles. The summed E-state index contributed by atoms with van der Waals surface area (Å²) in [5.41, 5.74) is 2.40. The van der Waals surface area contributed by atoms with Crippen molar-refractivity contribution in [3.63, 3.8) is 0 Å². The highest BCUT2D eigenvalue weighted by molar-refractivity contribution is 5.59. The number of hydrogen-bond donors (Lipinski definition) is 2. The van der Waals surface area contributed by atoms with Crippen LogP contribution in [0.25, 0.3) is 11.4 Å². The summed E-state index contributed by atoms with van der Waals surface area (Å²) >= 11 is 0. The Labute approximate surface area is 120 Å². The standard InChI is InChI=1S/C14H13FN6/c1-8-5-12(18-13-6-9(2)20-21-13)19-14(17-8)10-3-4-11(15)16-7-10/h3-7H,1-2H3,(H2,17,18,19,20,21). The lowest BCUT2D eigenvalue weighted by Crippen LogP contribution is -1.99. The maximum Gasteiger partial charge on any atom is 0.212 e. The van der Waals surface area contributed by atoms with Gasteiger partial charge in [-0.2, -0.15) is 9.49 Å². The second-order valence-electron chi connectivity index (χ2n) is 4.65. The molecule has 0 spiro atoms. The summed E-state index contributed by atoms with van der Waals surface area (Å²) in [5, 5.41) is 10.0. The van der Waals surface area contributed by atoms with Gasteiger partial charge in [0.2, 0.25) is 5.95 Å². The van der Waals surface area contributed by atoms with Crippen LogP contribution in [0.2, 0.25) is 0 Å². The molecule has 0 amide bonds. The van der Waals surface area contributed by atoms with E-state index < -0.39 is 5.95 Å². The molecule has 0 saturated heterocycles. The third-order valence-electron chi connectivity index (χ3n) is 2.80. The molecule has 0 radical (unpaired) electrons. The summed E-state index contributed by atoms with van der Waals surface area (Å²) in [7, 11) is 0. The van der Waals surface area contributed by atoms with E-state index in [0.29, 0.717) is 23.0 Å². The van der Waals surface area contributed by atoms with Gasteiger partial charge in [0.25, 0.3) is 0 Å². The number of hydrogen-bond acceptors (Lipinski definition) is 5. The highest BCUT2D eigenvalue weighted by Gasteiger charge is 2.07. The van der Waals surface area contributed by atoms with Gasteiger partial charge in [-0.25, -0.2) is 15.0 Å². The second-order valence-corrected chi connectivity index (χ2v) is 4.65. The fraction of sp³-hybridized carbons (Fsp3) is 0.143. The Bertz CT molecular complexity index is 765. The molecular weight excluding hydrogens is 271 g/mol. The Kier molecular flexibility index (Phi) is 3.31. The van der Waals surface area contributed by atoms with E-state index in [9.17, 15) is 4.39 Å². The zero-order valence-corrected chi connectivity index (χ0v) is 11.6. The molecule has 7 heteroatoms. The number of pyridine rings is 1. The van der Waals surface area contributed by atoms with Crippen molar-refractivity contribution >= 4 is 11.6 Å². The van der Waals surface area contributed by atoms with Gasteiger partial charge >= 0.3 is 0 Å². The average molecular weight is 284 g/mol. The third-order valence-corrected chi connectivity index (χ3v) is 2.80. The maximum atomic E-state index is 12.9. The minimum Gasteiger partial charge on any atom is -0.323 e. The zero-order chi connectivity index (χ0) is 14.8. The van der Waals surface area contributed by atoms with E-state index in [2.05, 4.69) is 30.5 Å². The van der Waals surface area contributed by atoms with Gasteiger partial charge in [-0.1, -0.05) is 0 Å². The summed E-state index contributed by atoms with van der Waals surface area (Å²) < 4.78 is 12.9. The Morgan fingerprint density at radius 1 is 1.10 bits per heavy atom. The molecule has 6 nitrogen and oxygen atoms in total. The fourth-order valence-corrected chi connectivity index (χ4v) is 1.88. The van der Waals surface area contributed by atoms with E-state index in [4.69, 9.17) is 0 Å². The lowest BCUT2D eigenvalue weighted by Gasteiger charge is -2.06. The zero-order valence-electron chi connectivity index (χ0n) is 11.6. The molecule has 21 heavy (non-hydrogen) atoms. The monoisotopic (exact) mass is 284 g/mol. The lowest BCUT2D eigenvalue weighted by molar-refractivity contribution is 0.584. The third kappa shape index (κ3) is 3.02. The van der Waals surface area contributed by atoms with Crippen molar-refractivity contribution in [2.45, 2.75) is 13.8 Å². The van der Waals surface area contributed by atoms with Crippen LogP contribution in [0.1, 0.15) is 11.4 Å². The van der Waals surface area contributed by atoms with Gasteiger partial charge in [-0.3, -0.25) is 5.10 Å². The predicted octanol–water partition coefficient (Wildman–Crippen LogP) is 2.76. The molecule has 0 aromatic carbocycles. The van der Waals surface area contributed by atoms with Crippen LogP contribution in [0, 0.1) is 19.8 Å². The molecule has 3 rings (SSSR count). The number of H-pyrrole nitrogens is 1. The summed E-state index contributed by atoms with van der Waals surface area (Å²) in [6, 6.07) is 6.56. The van der Waals surface area contributed by atoms with Gasteiger partial charge in [-0.15, -0.1) is 0 Å². The lowest BCUT2D eigenvalue weighted by atomic mass is 10.2. The van der Waals surface area contributed by atoms with Crippen molar-refractivity contribution in [3.05, 3.63) is 47.8 Å². The molecule has 0 aliphatic heterocycles. The number of nitrogens with zero attached hydrogens (tertiary/aromatic N) is 4. The topological polar surface area (TPSA) is 79.4 Å². The molecule has 0 atom stereocenters. The summed E-state index contributed by atoms with van der Waals surface area (Å²) in [4.78, 5) is 12.4. The van der Waals surface area contributed by atoms with Crippen LogP contribution in [0.4, 0.5) is 16.0 Å². The predicted molar refractivity (Wildman–Crippen MR) is 76.6 cm³/mol. The van der Waals surface area contributed by atoms with Gasteiger partial charge in [0.05, 0.1) is 0 Å². The van der Waals surface area contributed by atoms with E-state index >= 15 is 0 Å². The van der Waals surface area contributed by atoms with Crippen LogP contribution in [-0.2, 0) is 0 Å². The highest BCUT2D eigenvalue weighted by atomic mass is 19.1. The first kappa shape index (κ1) is 13.2. The summed E-state index contributed by atoms with van der Waals surface area (Å²) in [5.74, 6) is 1.25. The molecule has 0 fully saturated rings. The molecular formula is C14H13FN6. The first-order valence-electron chi connectivity index (χ1n) is 6.37. The van der Waals surface area contributed by atoms with E-state index in [1.165, 1.54) is 12.3 Å². The molecule has 3 heterocycles. The number of aromatic nitrogens is 5. The van der Waals surface area contributed by atoms with Crippen LogP contribution in [0.15, 0.2) is 30.5 Å². The van der Waals surface area contributed by atoms with Crippen molar-refractivity contribution in [2.75, 3.05) is 5.32 Å². The number of aromatic amines is 1. The molecule has 0 bridgehead atoms. The van der Waals surface area contributed by atoms with Crippen LogP contribution in [-0.4, -0.2) is 25.1 Å². The number of halogens is 1. The van der Waals surface area contributed by atoms with E-state index in [0.717, 1.165) is 11.4 Å². The number of rotatable bonds is 3. The van der Waals surface area contributed by atoms with Crippen molar-refractivity contribution < 1.29 is 4.39 Å². The van der Waals surface area contributed by atoms with Crippen LogP contribution in [0.3, 0.4) is 0 Å². The van der Waals surface area contributed by atoms with Gasteiger partial charge in [0.15, 0.2) is 11.6 Å². The Morgan fingerprint density at radius 3 is 2.62 bits per heavy atom. The molecule has 0 unspecified atom stereocenters.